The maximum Gasteiger partial charge on any atom is 0.253 e. The number of hydrogen-bond donors (Lipinski definition) is 1. The summed E-state index contributed by atoms with van der Waals surface area (Å²) < 4.78 is 13.2. The Labute approximate surface area is 194 Å². The van der Waals surface area contributed by atoms with E-state index in [0.29, 0.717) is 50.1 Å². The largest absolute Gasteiger partial charge is 0.341 e. The molecule has 0 saturated carbocycles. The lowest BCUT2D eigenvalue weighted by Crippen LogP contribution is -2.54. The summed E-state index contributed by atoms with van der Waals surface area (Å²) >= 11 is 0. The quantitative estimate of drug-likeness (QED) is 0.696. The van der Waals surface area contributed by atoms with E-state index in [2.05, 4.69) is 5.32 Å². The third-order valence-electron chi connectivity index (χ3n) is 6.33. The molecule has 2 aromatic rings. The number of rotatable bonds is 7. The van der Waals surface area contributed by atoms with Crippen LogP contribution in [-0.4, -0.2) is 59.7 Å². The van der Waals surface area contributed by atoms with Gasteiger partial charge < -0.3 is 15.1 Å². The Morgan fingerprint density at radius 1 is 0.970 bits per heavy atom. The van der Waals surface area contributed by atoms with Gasteiger partial charge in [-0.25, -0.2) is 4.39 Å². The van der Waals surface area contributed by atoms with Gasteiger partial charge in [0, 0.05) is 37.3 Å². The van der Waals surface area contributed by atoms with Gasteiger partial charge in [-0.05, 0) is 75.9 Å². The second-order valence-corrected chi connectivity index (χ2v) is 8.46. The second kappa shape index (κ2) is 11.1. The Kier molecular flexibility index (Phi) is 8.20. The lowest BCUT2D eigenvalue weighted by atomic mass is 9.87. The molecule has 3 amide bonds. The normalized spacial score (nSPS) is 15.1. The molecule has 1 saturated heterocycles. The van der Waals surface area contributed by atoms with Crippen LogP contribution in [0.3, 0.4) is 0 Å². The molecule has 1 fully saturated rings. The molecule has 3 rings (SSSR count). The smallest absolute Gasteiger partial charge is 0.253 e. The molecule has 33 heavy (non-hydrogen) atoms. The summed E-state index contributed by atoms with van der Waals surface area (Å²) in [6.07, 6.45) is 1.22. The first-order chi connectivity index (χ1) is 15.8. The van der Waals surface area contributed by atoms with Gasteiger partial charge in [-0.2, -0.15) is 0 Å². The fourth-order valence-electron chi connectivity index (χ4n) is 4.25. The fraction of sp³-hybridized carbons (Fsp3) is 0.423. The van der Waals surface area contributed by atoms with Gasteiger partial charge in [0.2, 0.25) is 5.91 Å². The number of aryl methyl sites for hydroxylation is 1. The van der Waals surface area contributed by atoms with Gasteiger partial charge in [0.15, 0.2) is 0 Å². The van der Waals surface area contributed by atoms with Crippen LogP contribution in [-0.2, 0) is 4.79 Å². The van der Waals surface area contributed by atoms with Gasteiger partial charge in [0.05, 0.1) is 0 Å². The van der Waals surface area contributed by atoms with Crippen molar-refractivity contribution in [3.63, 3.8) is 0 Å². The van der Waals surface area contributed by atoms with Crippen LogP contribution in [0.1, 0.15) is 53.0 Å². The first kappa shape index (κ1) is 24.4. The van der Waals surface area contributed by atoms with E-state index in [1.165, 1.54) is 24.3 Å². The number of nitrogens with zero attached hydrogens (tertiary/aromatic N) is 2. The van der Waals surface area contributed by atoms with Crippen molar-refractivity contribution in [2.45, 2.75) is 39.7 Å². The lowest BCUT2D eigenvalue weighted by molar-refractivity contribution is -0.134. The number of carbonyl (C=O) groups excluding carboxylic acids is 3. The minimum atomic E-state index is -0.695. The van der Waals surface area contributed by atoms with Crippen molar-refractivity contribution in [2.75, 3.05) is 26.2 Å². The Morgan fingerprint density at radius 2 is 1.52 bits per heavy atom. The molecule has 176 valence electrons. The highest BCUT2D eigenvalue weighted by Gasteiger charge is 2.35. The fourth-order valence-corrected chi connectivity index (χ4v) is 4.25. The molecule has 0 unspecified atom stereocenters. The molecule has 1 aliphatic heterocycles. The lowest BCUT2D eigenvalue weighted by Gasteiger charge is -2.37. The average Bonchev–Trinajstić information content (AvgIpc) is 2.83. The van der Waals surface area contributed by atoms with E-state index in [4.69, 9.17) is 0 Å². The van der Waals surface area contributed by atoms with Crippen LogP contribution in [0.5, 0.6) is 0 Å². The number of halogens is 1. The second-order valence-electron chi connectivity index (χ2n) is 8.46. The standard InChI is InChI=1S/C26H32FN3O3/c1-4-29(5-2)26(33)23(28-24(31)20-10-12-22(27)13-11-20)19-14-16-30(17-15-19)25(32)21-8-6-18(3)7-9-21/h6-13,19,23H,4-5,14-17H2,1-3H3,(H,28,31)/t23-/m0/s1. The van der Waals surface area contributed by atoms with Crippen molar-refractivity contribution >= 4 is 17.7 Å². The summed E-state index contributed by atoms with van der Waals surface area (Å²) in [5, 5.41) is 2.90. The monoisotopic (exact) mass is 453 g/mol. The zero-order chi connectivity index (χ0) is 24.0. The highest BCUT2D eigenvalue weighted by Crippen LogP contribution is 2.24. The molecule has 0 aromatic heterocycles. The van der Waals surface area contributed by atoms with E-state index >= 15 is 0 Å². The van der Waals surface area contributed by atoms with Gasteiger partial charge in [0.1, 0.15) is 11.9 Å². The van der Waals surface area contributed by atoms with Gasteiger partial charge >= 0.3 is 0 Å². The van der Waals surface area contributed by atoms with Crippen LogP contribution < -0.4 is 5.32 Å². The number of carbonyl (C=O) groups is 3. The topological polar surface area (TPSA) is 69.7 Å². The minimum Gasteiger partial charge on any atom is -0.341 e. The Balaban J connectivity index is 1.72. The molecular formula is C26H32FN3O3. The molecule has 0 aliphatic carbocycles. The number of nitrogens with one attached hydrogen (secondary N) is 1. The van der Waals surface area contributed by atoms with Gasteiger partial charge in [-0.15, -0.1) is 0 Å². The number of likely N-dealkylation sites (tertiary alicyclic amines) is 1. The molecule has 0 radical (unpaired) electrons. The highest BCUT2D eigenvalue weighted by molar-refractivity contribution is 5.97. The zero-order valence-electron chi connectivity index (χ0n) is 19.5. The summed E-state index contributed by atoms with van der Waals surface area (Å²) in [4.78, 5) is 42.5. The molecule has 2 aromatic carbocycles. The number of likely N-dealkylation sites (N-methyl/N-ethyl adjacent to an activating group) is 1. The molecule has 0 spiro atoms. The summed E-state index contributed by atoms with van der Waals surface area (Å²) in [6.45, 7) is 7.92. The molecule has 1 aliphatic rings. The third kappa shape index (κ3) is 5.97. The Morgan fingerprint density at radius 3 is 2.06 bits per heavy atom. The van der Waals surface area contributed by atoms with E-state index in [1.54, 1.807) is 4.90 Å². The van der Waals surface area contributed by atoms with E-state index in [0.717, 1.165) is 5.56 Å². The van der Waals surface area contributed by atoms with Gasteiger partial charge in [0.25, 0.3) is 11.8 Å². The summed E-state index contributed by atoms with van der Waals surface area (Å²) in [6, 6.07) is 12.1. The van der Waals surface area contributed by atoms with Crippen molar-refractivity contribution in [1.82, 2.24) is 15.1 Å². The highest BCUT2D eigenvalue weighted by atomic mass is 19.1. The van der Waals surface area contributed by atoms with Crippen molar-refractivity contribution < 1.29 is 18.8 Å². The van der Waals surface area contributed by atoms with Crippen LogP contribution in [0.25, 0.3) is 0 Å². The van der Waals surface area contributed by atoms with E-state index in [9.17, 15) is 18.8 Å². The molecular weight excluding hydrogens is 421 g/mol. The molecule has 6 nitrogen and oxygen atoms in total. The predicted molar refractivity (Wildman–Crippen MR) is 125 cm³/mol. The SMILES string of the molecule is CCN(CC)C(=O)[C@@H](NC(=O)c1ccc(F)cc1)C1CCN(C(=O)c2ccc(C)cc2)CC1. The van der Waals surface area contributed by atoms with Gasteiger partial charge in [-0.1, -0.05) is 17.7 Å². The predicted octanol–water partition coefficient (Wildman–Crippen LogP) is 3.65. The third-order valence-corrected chi connectivity index (χ3v) is 6.33. The van der Waals surface area contributed by atoms with Crippen LogP contribution >= 0.6 is 0 Å². The summed E-state index contributed by atoms with van der Waals surface area (Å²) in [5.41, 5.74) is 2.06. The minimum absolute atomic E-state index is 0.0181. The van der Waals surface area contributed by atoms with Crippen LogP contribution in [0.15, 0.2) is 48.5 Å². The summed E-state index contributed by atoms with van der Waals surface area (Å²) in [7, 11) is 0. The first-order valence-electron chi connectivity index (χ1n) is 11.5. The molecule has 1 N–H and O–H groups in total. The van der Waals surface area contributed by atoms with E-state index in [1.807, 2.05) is 49.9 Å². The van der Waals surface area contributed by atoms with Gasteiger partial charge in [-0.3, -0.25) is 14.4 Å². The van der Waals surface area contributed by atoms with Crippen molar-refractivity contribution in [2.24, 2.45) is 5.92 Å². The number of hydrogen-bond acceptors (Lipinski definition) is 3. The number of benzene rings is 2. The molecule has 0 bridgehead atoms. The Bertz CT molecular complexity index is 963. The van der Waals surface area contributed by atoms with Crippen molar-refractivity contribution in [3.8, 4) is 0 Å². The molecule has 1 heterocycles. The number of piperidine rings is 1. The molecule has 1 atom stereocenters. The maximum atomic E-state index is 13.3. The van der Waals surface area contributed by atoms with Crippen molar-refractivity contribution in [3.05, 3.63) is 71.0 Å². The van der Waals surface area contributed by atoms with Crippen molar-refractivity contribution in [1.29, 1.82) is 0 Å². The van der Waals surface area contributed by atoms with Crippen LogP contribution in [0, 0.1) is 18.7 Å². The van der Waals surface area contributed by atoms with Crippen LogP contribution in [0.2, 0.25) is 0 Å². The summed E-state index contributed by atoms with van der Waals surface area (Å²) in [5.74, 6) is -1.06. The maximum absolute atomic E-state index is 13.3. The van der Waals surface area contributed by atoms with Crippen LogP contribution in [0.4, 0.5) is 4.39 Å². The van der Waals surface area contributed by atoms with E-state index < -0.39 is 17.8 Å². The molecule has 7 heteroatoms. The average molecular weight is 454 g/mol. The first-order valence-corrected chi connectivity index (χ1v) is 11.5. The Hall–Kier alpha value is -3.22. The number of amides is 3. The van der Waals surface area contributed by atoms with E-state index in [-0.39, 0.29) is 17.7 Å². The zero-order valence-corrected chi connectivity index (χ0v) is 19.5.